The number of aryl methyl sites for hydroxylation is 2. The van der Waals surface area contributed by atoms with Crippen LogP contribution in [0.4, 0.5) is 16.2 Å². The van der Waals surface area contributed by atoms with E-state index < -0.39 is 33.7 Å². The fourth-order valence-electron chi connectivity index (χ4n) is 2.75. The number of methoxy groups -OCH3 is 1. The summed E-state index contributed by atoms with van der Waals surface area (Å²) in [6, 6.07) is 3.45. The summed E-state index contributed by atoms with van der Waals surface area (Å²) >= 11 is 0. The van der Waals surface area contributed by atoms with E-state index >= 15 is 0 Å². The van der Waals surface area contributed by atoms with Crippen LogP contribution in [0, 0.1) is 13.8 Å². The van der Waals surface area contributed by atoms with Crippen LogP contribution in [-0.2, 0) is 19.6 Å². The van der Waals surface area contributed by atoms with E-state index in [2.05, 4.69) is 20.5 Å². The number of sulfonamides is 1. The molecule has 0 unspecified atom stereocenters. The van der Waals surface area contributed by atoms with Gasteiger partial charge < -0.3 is 19.3 Å². The molecule has 0 radical (unpaired) electrons. The number of nitrogens with one attached hydrogen (secondary N) is 3. The largest absolute Gasteiger partial charge is 0.495 e. The van der Waals surface area contributed by atoms with Gasteiger partial charge in [-0.05, 0) is 59.7 Å². The quantitative estimate of drug-likeness (QED) is 0.561. The number of ether oxygens (including phenoxy) is 2. The fraction of sp³-hybridized carbons (Fsp3) is 0.450. The third-order valence-electron chi connectivity index (χ3n) is 4.06. The predicted molar refractivity (Wildman–Crippen MR) is 117 cm³/mol. The van der Waals surface area contributed by atoms with E-state index in [4.69, 9.17) is 14.0 Å². The van der Waals surface area contributed by atoms with Crippen LogP contribution in [0.1, 0.15) is 39.1 Å². The maximum atomic E-state index is 12.6. The van der Waals surface area contributed by atoms with E-state index in [1.54, 1.807) is 32.9 Å². The highest BCUT2D eigenvalue weighted by molar-refractivity contribution is 7.89. The van der Waals surface area contributed by atoms with Gasteiger partial charge in [-0.1, -0.05) is 5.16 Å². The first-order valence-corrected chi connectivity index (χ1v) is 11.2. The summed E-state index contributed by atoms with van der Waals surface area (Å²) in [5.74, 6) is -0.148. The van der Waals surface area contributed by atoms with Crippen LogP contribution in [0.5, 0.6) is 5.75 Å². The summed E-state index contributed by atoms with van der Waals surface area (Å²) in [7, 11) is -2.60. The summed E-state index contributed by atoms with van der Waals surface area (Å²) in [5.41, 5.74) is 0.0705. The molecule has 1 aromatic carbocycles. The minimum atomic E-state index is -4.03. The Hall–Kier alpha value is -3.12. The maximum absolute atomic E-state index is 12.6. The lowest BCUT2D eigenvalue weighted by molar-refractivity contribution is -0.117. The van der Waals surface area contributed by atoms with Crippen molar-refractivity contribution in [3.63, 3.8) is 0 Å². The molecule has 1 atom stereocenters. The molecule has 2 aromatic rings. The van der Waals surface area contributed by atoms with E-state index in [0.29, 0.717) is 11.4 Å². The van der Waals surface area contributed by atoms with Crippen molar-refractivity contribution < 1.29 is 32.0 Å². The Kier molecular flexibility index (Phi) is 7.52. The van der Waals surface area contributed by atoms with Gasteiger partial charge in [-0.3, -0.25) is 10.1 Å². The topological polar surface area (TPSA) is 149 Å². The minimum Gasteiger partial charge on any atom is -0.495 e. The lowest BCUT2D eigenvalue weighted by atomic mass is 10.2. The summed E-state index contributed by atoms with van der Waals surface area (Å²) in [5, 5.41) is 8.79. The Balaban J connectivity index is 2.14. The highest BCUT2D eigenvalue weighted by Crippen LogP contribution is 2.28. The zero-order valence-electron chi connectivity index (χ0n) is 19.0. The standard InChI is InChI=1S/C20H28N4O7S/c1-11-17(13(3)31-23-11)32(27,28)24-12(2)18(25)21-14-8-9-16(29-7)15(10-14)22-19(26)30-20(4,5)6/h8-10,12,24H,1-7H3,(H,21,25)(H,22,26)/t12-/m0/s1. The van der Waals surface area contributed by atoms with Crippen molar-refractivity contribution in [2.45, 2.75) is 58.1 Å². The lowest BCUT2D eigenvalue weighted by Crippen LogP contribution is -2.41. The number of rotatable bonds is 7. The van der Waals surface area contributed by atoms with Crippen molar-refractivity contribution in [2.24, 2.45) is 0 Å². The number of benzene rings is 1. The summed E-state index contributed by atoms with van der Waals surface area (Å²) in [6.07, 6.45) is -0.695. The highest BCUT2D eigenvalue weighted by atomic mass is 32.2. The van der Waals surface area contributed by atoms with Crippen molar-refractivity contribution in [1.82, 2.24) is 9.88 Å². The number of carbonyl (C=O) groups excluding carboxylic acids is 2. The average Bonchev–Trinajstić information content (AvgIpc) is 2.99. The molecular formula is C20H28N4O7S. The van der Waals surface area contributed by atoms with Gasteiger partial charge in [0, 0.05) is 5.69 Å². The van der Waals surface area contributed by atoms with Gasteiger partial charge in [-0.2, -0.15) is 4.72 Å². The first kappa shape index (κ1) is 25.1. The lowest BCUT2D eigenvalue weighted by Gasteiger charge is -2.20. The van der Waals surface area contributed by atoms with Gasteiger partial charge in [0.2, 0.25) is 15.9 Å². The van der Waals surface area contributed by atoms with Gasteiger partial charge in [-0.15, -0.1) is 0 Å². The molecule has 176 valence electrons. The Labute approximate surface area is 186 Å². The number of anilines is 2. The second-order valence-corrected chi connectivity index (χ2v) is 9.68. The summed E-state index contributed by atoms with van der Waals surface area (Å²) < 4.78 is 42.9. The molecule has 3 N–H and O–H groups in total. The Morgan fingerprint density at radius 1 is 1.16 bits per heavy atom. The first-order valence-electron chi connectivity index (χ1n) is 9.67. The Bertz CT molecular complexity index is 1080. The molecule has 0 spiro atoms. The Morgan fingerprint density at radius 2 is 1.81 bits per heavy atom. The van der Waals surface area contributed by atoms with E-state index in [-0.39, 0.29) is 22.0 Å². The molecule has 0 saturated carbocycles. The van der Waals surface area contributed by atoms with Crippen molar-refractivity contribution in [3.8, 4) is 5.75 Å². The molecule has 0 saturated heterocycles. The molecular weight excluding hydrogens is 440 g/mol. The van der Waals surface area contributed by atoms with Crippen LogP contribution >= 0.6 is 0 Å². The van der Waals surface area contributed by atoms with Crippen LogP contribution in [0.3, 0.4) is 0 Å². The van der Waals surface area contributed by atoms with Crippen LogP contribution in [0.2, 0.25) is 0 Å². The summed E-state index contributed by atoms with van der Waals surface area (Å²) in [6.45, 7) is 9.54. The van der Waals surface area contributed by atoms with Crippen LogP contribution in [0.25, 0.3) is 0 Å². The second-order valence-electron chi connectivity index (χ2n) is 8.03. The zero-order chi connectivity index (χ0) is 24.3. The van der Waals surface area contributed by atoms with Crippen molar-refractivity contribution in [3.05, 3.63) is 29.7 Å². The van der Waals surface area contributed by atoms with Gasteiger partial charge in [0.25, 0.3) is 0 Å². The number of hydrogen-bond acceptors (Lipinski definition) is 8. The smallest absolute Gasteiger partial charge is 0.412 e. The monoisotopic (exact) mass is 468 g/mol. The van der Waals surface area contributed by atoms with Gasteiger partial charge >= 0.3 is 6.09 Å². The zero-order valence-corrected chi connectivity index (χ0v) is 19.8. The molecule has 0 aliphatic carbocycles. The molecule has 1 aromatic heterocycles. The number of aromatic nitrogens is 1. The molecule has 2 rings (SSSR count). The molecule has 1 heterocycles. The SMILES string of the molecule is COc1ccc(NC(=O)[C@H](C)NS(=O)(=O)c2c(C)noc2C)cc1NC(=O)OC(C)(C)C. The number of carbonyl (C=O) groups is 2. The minimum absolute atomic E-state index is 0.106. The predicted octanol–water partition coefficient (Wildman–Crippen LogP) is 2.95. The van der Waals surface area contributed by atoms with E-state index in [1.807, 2.05) is 0 Å². The van der Waals surface area contributed by atoms with Crippen molar-refractivity contribution in [2.75, 3.05) is 17.7 Å². The van der Waals surface area contributed by atoms with Crippen LogP contribution < -0.4 is 20.1 Å². The molecule has 12 heteroatoms. The molecule has 0 bridgehead atoms. The average molecular weight is 469 g/mol. The Morgan fingerprint density at radius 3 is 2.34 bits per heavy atom. The van der Waals surface area contributed by atoms with Gasteiger partial charge in [0.1, 0.15) is 21.9 Å². The normalized spacial score (nSPS) is 12.7. The molecule has 2 amide bonds. The van der Waals surface area contributed by atoms with Crippen molar-refractivity contribution in [1.29, 1.82) is 0 Å². The van der Waals surface area contributed by atoms with E-state index in [9.17, 15) is 18.0 Å². The van der Waals surface area contributed by atoms with Gasteiger partial charge in [0.15, 0.2) is 5.76 Å². The third kappa shape index (κ3) is 6.44. The van der Waals surface area contributed by atoms with Crippen LogP contribution in [0.15, 0.2) is 27.6 Å². The number of nitrogens with zero attached hydrogens (tertiary/aromatic N) is 1. The number of amides is 2. The molecule has 0 fully saturated rings. The molecule has 0 aliphatic heterocycles. The fourth-order valence-corrected chi connectivity index (χ4v) is 4.28. The van der Waals surface area contributed by atoms with E-state index in [1.165, 1.54) is 33.9 Å². The van der Waals surface area contributed by atoms with Crippen molar-refractivity contribution >= 4 is 33.4 Å². The molecule has 32 heavy (non-hydrogen) atoms. The molecule has 0 aliphatic rings. The molecule has 11 nitrogen and oxygen atoms in total. The van der Waals surface area contributed by atoms with Gasteiger partial charge in [-0.25, -0.2) is 13.2 Å². The van der Waals surface area contributed by atoms with E-state index in [0.717, 1.165) is 0 Å². The maximum Gasteiger partial charge on any atom is 0.412 e. The number of hydrogen-bond donors (Lipinski definition) is 3. The highest BCUT2D eigenvalue weighted by Gasteiger charge is 2.28. The second kappa shape index (κ2) is 9.57. The van der Waals surface area contributed by atoms with Gasteiger partial charge in [0.05, 0.1) is 18.8 Å². The third-order valence-corrected chi connectivity index (χ3v) is 5.85. The first-order chi connectivity index (χ1) is 14.7. The van der Waals surface area contributed by atoms with Crippen LogP contribution in [-0.4, -0.2) is 44.3 Å². The summed E-state index contributed by atoms with van der Waals surface area (Å²) in [4.78, 5) is 24.6.